The van der Waals surface area contributed by atoms with Crippen molar-refractivity contribution < 1.29 is 34.1 Å². The number of allylic oxidation sites excluding steroid dienone is 2. The average molecular weight is 809 g/mol. The van der Waals surface area contributed by atoms with E-state index in [1.54, 1.807) is 61.8 Å². The van der Waals surface area contributed by atoms with Gasteiger partial charge in [0.2, 0.25) is 23.7 Å². The Balaban J connectivity index is 0.915. The molecule has 3 amide bonds. The summed E-state index contributed by atoms with van der Waals surface area (Å²) in [4.78, 5) is 63.7. The molecular weight excluding hydrogens is 753 g/mol. The Hall–Kier alpha value is -4.93. The maximum atomic E-state index is 13.1. The van der Waals surface area contributed by atoms with E-state index < -0.39 is 28.9 Å². The first kappa shape index (κ1) is 40.8. The lowest BCUT2D eigenvalue weighted by Gasteiger charge is -2.61. The minimum atomic E-state index is -0.792. The summed E-state index contributed by atoms with van der Waals surface area (Å²) in [6.45, 7) is 15.2. The zero-order valence-electron chi connectivity index (χ0n) is 33.9. The number of nitrogens with zero attached hydrogens (tertiary/aromatic N) is 3. The third-order valence-electron chi connectivity index (χ3n) is 14.0. The molecule has 314 valence electrons. The number of anilines is 2. The van der Waals surface area contributed by atoms with Crippen LogP contribution in [0.5, 0.6) is 0 Å². The summed E-state index contributed by atoms with van der Waals surface area (Å²) < 4.78 is 5.63. The first-order chi connectivity index (χ1) is 28.2. The van der Waals surface area contributed by atoms with Crippen LogP contribution in [0.1, 0.15) is 52.0 Å². The maximum absolute atomic E-state index is 13.1. The summed E-state index contributed by atoms with van der Waals surface area (Å²) in [7, 11) is 0. The minimum absolute atomic E-state index is 0.112. The Morgan fingerprint density at radius 3 is 2.46 bits per heavy atom. The van der Waals surface area contributed by atoms with Gasteiger partial charge < -0.3 is 30.6 Å². The second-order valence-electron chi connectivity index (χ2n) is 18.0. The molecule has 2 aliphatic carbocycles. The van der Waals surface area contributed by atoms with Gasteiger partial charge in [-0.1, -0.05) is 50.3 Å². The number of rotatable bonds is 12. The zero-order valence-corrected chi connectivity index (χ0v) is 33.9. The molecular formula is C44H56N8O7. The van der Waals surface area contributed by atoms with Gasteiger partial charge in [0.1, 0.15) is 12.2 Å². The van der Waals surface area contributed by atoms with E-state index in [1.165, 1.54) is 0 Å². The zero-order chi connectivity index (χ0) is 41.6. The van der Waals surface area contributed by atoms with Crippen molar-refractivity contribution >= 4 is 41.4 Å². The highest BCUT2D eigenvalue weighted by Crippen LogP contribution is 2.61. The van der Waals surface area contributed by atoms with Crippen molar-refractivity contribution in [3.63, 3.8) is 0 Å². The number of aliphatic hydroxyl groups is 2. The van der Waals surface area contributed by atoms with Crippen LogP contribution in [0.4, 0.5) is 11.6 Å². The molecule has 4 bridgehead atoms. The van der Waals surface area contributed by atoms with Crippen molar-refractivity contribution in [1.82, 2.24) is 30.4 Å². The fraction of sp³-hybridized carbons (Fsp3) is 0.523. The van der Waals surface area contributed by atoms with Crippen molar-refractivity contribution in [3.05, 3.63) is 83.9 Å². The number of benzene rings is 1. The highest BCUT2D eigenvalue weighted by Gasteiger charge is 2.59. The highest BCUT2D eigenvalue weighted by molar-refractivity contribution is 6.03. The van der Waals surface area contributed by atoms with E-state index >= 15 is 0 Å². The molecule has 15 nitrogen and oxygen atoms in total. The molecule has 1 aromatic heterocycles. The first-order valence-corrected chi connectivity index (χ1v) is 20.7. The second-order valence-corrected chi connectivity index (χ2v) is 18.0. The summed E-state index contributed by atoms with van der Waals surface area (Å²) in [5, 5.41) is 34.0. The summed E-state index contributed by atoms with van der Waals surface area (Å²) in [5.41, 5.74) is 1.31. The lowest BCUT2D eigenvalue weighted by atomic mass is 9.45. The standard InChI is InChI=1S/C44H56N8O7/c1-25-33(43(3)12-11-36(54)44(4,23-53)35(43)17-34(25)47-26(2)40(57)50-42-45-13-14-46-42)10-7-28-16-32(59-41(28)58)15-27-5-8-31(9-6-27)48-37(55)18-38(56)49-39-29-19-51-21-30(39)22-52(20-29)24-51/h5-10,13-16,26,29-30,33-36,39,47,53-54H,1,11-12,17-24H2,2-4H3,(H,48,55)(H,49,56)(H2,45,46,50,57)/b10-7+,32-15+/t26?,29?,30?,33?,34?,35?,36-,39?,43-,44+/m1/s1. The number of imidazole rings is 1. The van der Waals surface area contributed by atoms with E-state index in [-0.39, 0.29) is 54.7 Å². The van der Waals surface area contributed by atoms with Gasteiger partial charge in [0.15, 0.2) is 0 Å². The first-order valence-electron chi connectivity index (χ1n) is 20.7. The van der Waals surface area contributed by atoms with Gasteiger partial charge in [-0.3, -0.25) is 34.8 Å². The average Bonchev–Trinajstić information content (AvgIpc) is 3.84. The molecule has 4 saturated heterocycles. The van der Waals surface area contributed by atoms with Crippen LogP contribution >= 0.6 is 0 Å². The minimum Gasteiger partial charge on any atom is -0.423 e. The van der Waals surface area contributed by atoms with Crippen LogP contribution in [0, 0.1) is 34.5 Å². The number of nitrogens with one attached hydrogen (secondary N) is 5. The van der Waals surface area contributed by atoms with Crippen LogP contribution < -0.4 is 21.3 Å². The molecule has 0 radical (unpaired) electrons. The number of piperidine rings is 2. The molecule has 1 aromatic carbocycles. The number of hydrogen-bond donors (Lipinski definition) is 7. The Bertz CT molecular complexity index is 2040. The van der Waals surface area contributed by atoms with Gasteiger partial charge in [-0.15, -0.1) is 0 Å². The Labute approximate surface area is 344 Å². The molecule has 6 heterocycles. The third-order valence-corrected chi connectivity index (χ3v) is 14.0. The van der Waals surface area contributed by atoms with Crippen LogP contribution in [0.25, 0.3) is 6.08 Å². The number of ether oxygens (including phenoxy) is 1. The number of H-pyrrole nitrogens is 1. The van der Waals surface area contributed by atoms with Gasteiger partial charge in [-0.25, -0.2) is 9.78 Å². The lowest BCUT2D eigenvalue weighted by molar-refractivity contribution is -0.149. The van der Waals surface area contributed by atoms with Crippen LogP contribution in [-0.4, -0.2) is 117 Å². The molecule has 15 heteroatoms. The summed E-state index contributed by atoms with van der Waals surface area (Å²) in [6.07, 6.45) is 11.1. The molecule has 0 spiro atoms. The monoisotopic (exact) mass is 808 g/mol. The number of aromatic amines is 1. The van der Waals surface area contributed by atoms with Crippen molar-refractivity contribution in [3.8, 4) is 0 Å². The number of aromatic nitrogens is 2. The summed E-state index contributed by atoms with van der Waals surface area (Å²) in [6, 6.07) is 6.24. The van der Waals surface area contributed by atoms with Crippen LogP contribution in [0.2, 0.25) is 0 Å². The Kier molecular flexibility index (Phi) is 11.3. The molecule has 5 aliphatic heterocycles. The number of esters is 1. The molecule has 7 N–H and O–H groups in total. The summed E-state index contributed by atoms with van der Waals surface area (Å²) >= 11 is 0. The van der Waals surface area contributed by atoms with Crippen molar-refractivity contribution in [2.45, 2.75) is 70.7 Å². The smallest absolute Gasteiger partial charge is 0.343 e. The van der Waals surface area contributed by atoms with Crippen LogP contribution in [0.15, 0.2) is 78.4 Å². The summed E-state index contributed by atoms with van der Waals surface area (Å²) in [5.74, 6) is -0.321. The SMILES string of the molecule is C=C1C(NC(C)C(=O)Nc2ncc[nH]2)CC2[C@](C)(CC[C@@H](O)[C@@]2(C)CO)C1/C=C/C1=CC(=C\c2ccc(NC(=O)CC(=O)NC3C4CN5CC3CN(C4)C5)cc2)/OC1=O. The van der Waals surface area contributed by atoms with Gasteiger partial charge in [0.05, 0.1) is 31.0 Å². The Morgan fingerprint density at radius 1 is 1.08 bits per heavy atom. The third kappa shape index (κ3) is 8.18. The van der Waals surface area contributed by atoms with E-state index in [0.717, 1.165) is 44.0 Å². The lowest BCUT2D eigenvalue weighted by Crippen LogP contribution is -2.71. The van der Waals surface area contributed by atoms with Crippen molar-refractivity contribution in [2.24, 2.45) is 34.5 Å². The second kappa shape index (κ2) is 16.3. The molecule has 7 aliphatic rings. The molecule has 2 saturated carbocycles. The number of amides is 3. The maximum Gasteiger partial charge on any atom is 0.343 e. The molecule has 59 heavy (non-hydrogen) atoms. The van der Waals surface area contributed by atoms with E-state index in [4.69, 9.17) is 4.74 Å². The van der Waals surface area contributed by atoms with Crippen molar-refractivity contribution in [2.75, 3.05) is 50.1 Å². The predicted octanol–water partition coefficient (Wildman–Crippen LogP) is 2.78. The van der Waals surface area contributed by atoms with Gasteiger partial charge in [-0.05, 0) is 67.4 Å². The van der Waals surface area contributed by atoms with E-state index in [2.05, 4.69) is 54.5 Å². The number of aliphatic hydroxyl groups excluding tert-OH is 2. The topological polar surface area (TPSA) is 201 Å². The van der Waals surface area contributed by atoms with Gasteiger partial charge in [0.25, 0.3) is 0 Å². The molecule has 2 aromatic rings. The van der Waals surface area contributed by atoms with E-state index in [1.807, 2.05) is 13.0 Å². The molecule has 4 unspecified atom stereocenters. The number of cyclic esters (lactones) is 1. The highest BCUT2D eigenvalue weighted by atomic mass is 16.5. The number of carbonyl (C=O) groups is 4. The van der Waals surface area contributed by atoms with E-state index in [0.29, 0.717) is 54.1 Å². The normalized spacial score (nSPS) is 35.9. The number of carbonyl (C=O) groups excluding carboxylic acids is 4. The van der Waals surface area contributed by atoms with Crippen molar-refractivity contribution in [1.29, 1.82) is 0 Å². The predicted molar refractivity (Wildman–Crippen MR) is 221 cm³/mol. The van der Waals surface area contributed by atoms with Crippen LogP contribution in [0.3, 0.4) is 0 Å². The van der Waals surface area contributed by atoms with Gasteiger partial charge in [-0.2, -0.15) is 0 Å². The largest absolute Gasteiger partial charge is 0.423 e. The fourth-order valence-corrected chi connectivity index (χ4v) is 10.9. The number of hydrogen-bond acceptors (Lipinski definition) is 11. The quantitative estimate of drug-likeness (QED) is 0.0945. The van der Waals surface area contributed by atoms with E-state index in [9.17, 15) is 29.4 Å². The van der Waals surface area contributed by atoms with Gasteiger partial charge >= 0.3 is 5.97 Å². The molecule has 6 fully saturated rings. The van der Waals surface area contributed by atoms with Crippen LogP contribution in [-0.2, 0) is 23.9 Å². The van der Waals surface area contributed by atoms with Gasteiger partial charge in [0, 0.05) is 79.5 Å². The number of fused-ring (bicyclic) bond motifs is 1. The molecule has 7 atom stereocenters. The Morgan fingerprint density at radius 2 is 1.80 bits per heavy atom. The fourth-order valence-electron chi connectivity index (χ4n) is 10.9. The molecule has 9 rings (SSSR count).